The molecule has 0 aromatic heterocycles. The molecule has 4 heteroatoms. The van der Waals surface area contributed by atoms with Crippen LogP contribution in [0.3, 0.4) is 0 Å². The second kappa shape index (κ2) is 4.74. The van der Waals surface area contributed by atoms with Crippen LogP contribution in [0.4, 0.5) is 4.39 Å². The van der Waals surface area contributed by atoms with Crippen molar-refractivity contribution in [3.8, 4) is 0 Å². The van der Waals surface area contributed by atoms with E-state index in [0.29, 0.717) is 5.92 Å². The average molecular weight is 177 g/mol. The first-order chi connectivity index (χ1) is 5.74. The molecule has 1 aliphatic rings. The summed E-state index contributed by atoms with van der Waals surface area (Å²) in [7, 11) is 0. The summed E-state index contributed by atoms with van der Waals surface area (Å²) in [6, 6.07) is 0. The lowest BCUT2D eigenvalue weighted by atomic mass is 10.1. The van der Waals surface area contributed by atoms with Crippen molar-refractivity contribution in [2.75, 3.05) is 26.4 Å². The highest BCUT2D eigenvalue weighted by Gasteiger charge is 2.24. The molecule has 0 aliphatic carbocycles. The molecule has 3 atom stereocenters. The Labute approximate surface area is 71.9 Å². The van der Waals surface area contributed by atoms with Gasteiger partial charge >= 0.3 is 0 Å². The van der Waals surface area contributed by atoms with Crippen molar-refractivity contribution in [1.82, 2.24) is 5.32 Å². The molecule has 3 unspecified atom stereocenters. The highest BCUT2D eigenvalue weighted by atomic mass is 19.1. The maximum Gasteiger partial charge on any atom is 0.118 e. The highest BCUT2D eigenvalue weighted by molar-refractivity contribution is 4.78. The van der Waals surface area contributed by atoms with E-state index in [0.717, 1.165) is 13.1 Å². The Hall–Kier alpha value is -0.190. The summed E-state index contributed by atoms with van der Waals surface area (Å²) in [6.45, 7) is 3.20. The molecular formula is C8H16FNO2. The van der Waals surface area contributed by atoms with Gasteiger partial charge in [0.1, 0.15) is 12.8 Å². The molecule has 0 bridgehead atoms. The van der Waals surface area contributed by atoms with Crippen LogP contribution < -0.4 is 5.32 Å². The third-order valence-corrected chi connectivity index (χ3v) is 2.13. The van der Waals surface area contributed by atoms with E-state index in [1.807, 2.05) is 0 Å². The van der Waals surface area contributed by atoms with Crippen LogP contribution in [0.5, 0.6) is 0 Å². The Kier molecular flexibility index (Phi) is 3.91. The SMILES string of the molecule is CC1CNCC1OCC(O)CF. The first-order valence-corrected chi connectivity index (χ1v) is 4.30. The van der Waals surface area contributed by atoms with Gasteiger partial charge in [0.05, 0.1) is 12.7 Å². The van der Waals surface area contributed by atoms with Crippen molar-refractivity contribution in [2.45, 2.75) is 19.1 Å². The van der Waals surface area contributed by atoms with Crippen molar-refractivity contribution in [3.05, 3.63) is 0 Å². The summed E-state index contributed by atoms with van der Waals surface area (Å²) in [6.07, 6.45) is -0.830. The third-order valence-electron chi connectivity index (χ3n) is 2.13. The Morgan fingerprint density at radius 1 is 1.67 bits per heavy atom. The van der Waals surface area contributed by atoms with E-state index in [2.05, 4.69) is 12.2 Å². The maximum atomic E-state index is 11.8. The fraction of sp³-hybridized carbons (Fsp3) is 1.00. The van der Waals surface area contributed by atoms with Gasteiger partial charge in [-0.05, 0) is 5.92 Å². The molecule has 72 valence electrons. The zero-order valence-electron chi connectivity index (χ0n) is 7.29. The number of aliphatic hydroxyl groups is 1. The topological polar surface area (TPSA) is 41.5 Å². The number of aliphatic hydroxyl groups excluding tert-OH is 1. The van der Waals surface area contributed by atoms with Gasteiger partial charge in [-0.3, -0.25) is 0 Å². The van der Waals surface area contributed by atoms with Gasteiger partial charge in [-0.2, -0.15) is 0 Å². The van der Waals surface area contributed by atoms with Gasteiger partial charge in [-0.25, -0.2) is 4.39 Å². The average Bonchev–Trinajstić information content (AvgIpc) is 2.47. The molecule has 0 aromatic rings. The fourth-order valence-corrected chi connectivity index (χ4v) is 1.29. The van der Waals surface area contributed by atoms with Gasteiger partial charge in [-0.1, -0.05) is 6.92 Å². The number of alkyl halides is 1. The lowest BCUT2D eigenvalue weighted by Crippen LogP contribution is -2.27. The Bertz CT molecular complexity index is 134. The second-order valence-electron chi connectivity index (χ2n) is 3.32. The van der Waals surface area contributed by atoms with Crippen LogP contribution in [0.2, 0.25) is 0 Å². The number of rotatable bonds is 4. The van der Waals surface area contributed by atoms with Crippen LogP contribution in [0.25, 0.3) is 0 Å². The normalized spacial score (nSPS) is 32.2. The summed E-state index contributed by atoms with van der Waals surface area (Å²) in [5.41, 5.74) is 0. The molecule has 1 saturated heterocycles. The van der Waals surface area contributed by atoms with Crippen LogP contribution in [0.1, 0.15) is 6.92 Å². The molecule has 0 aromatic carbocycles. The van der Waals surface area contributed by atoms with Crippen molar-refractivity contribution in [1.29, 1.82) is 0 Å². The van der Waals surface area contributed by atoms with Crippen LogP contribution in [-0.2, 0) is 4.74 Å². The van der Waals surface area contributed by atoms with Gasteiger partial charge in [0.25, 0.3) is 0 Å². The van der Waals surface area contributed by atoms with Crippen molar-refractivity contribution in [2.24, 2.45) is 5.92 Å². The molecule has 2 N–H and O–H groups in total. The number of halogens is 1. The van der Waals surface area contributed by atoms with E-state index in [-0.39, 0.29) is 12.7 Å². The predicted octanol–water partition coefficient (Wildman–Crippen LogP) is -0.0587. The molecule has 0 saturated carbocycles. The van der Waals surface area contributed by atoms with E-state index in [4.69, 9.17) is 9.84 Å². The first-order valence-electron chi connectivity index (χ1n) is 4.30. The lowest BCUT2D eigenvalue weighted by Gasteiger charge is -2.16. The van der Waals surface area contributed by atoms with Gasteiger partial charge in [0, 0.05) is 13.1 Å². The lowest BCUT2D eigenvalue weighted by molar-refractivity contribution is -0.0224. The standard InChI is InChI=1S/C8H16FNO2/c1-6-3-10-4-8(6)12-5-7(11)2-9/h6-8,10-11H,2-5H2,1H3. The molecule has 0 amide bonds. The van der Waals surface area contributed by atoms with Gasteiger partial charge in [-0.15, -0.1) is 0 Å². The minimum absolute atomic E-state index is 0.104. The predicted molar refractivity (Wildman–Crippen MR) is 43.8 cm³/mol. The van der Waals surface area contributed by atoms with Crippen molar-refractivity contribution in [3.63, 3.8) is 0 Å². The zero-order chi connectivity index (χ0) is 8.97. The van der Waals surface area contributed by atoms with E-state index in [9.17, 15) is 4.39 Å². The summed E-state index contributed by atoms with van der Waals surface area (Å²) in [4.78, 5) is 0. The van der Waals surface area contributed by atoms with E-state index < -0.39 is 12.8 Å². The fourth-order valence-electron chi connectivity index (χ4n) is 1.29. The van der Waals surface area contributed by atoms with Crippen molar-refractivity contribution < 1.29 is 14.2 Å². The Balaban J connectivity index is 2.13. The highest BCUT2D eigenvalue weighted by Crippen LogP contribution is 2.11. The number of hydrogen-bond donors (Lipinski definition) is 2. The van der Waals surface area contributed by atoms with E-state index in [1.165, 1.54) is 0 Å². The smallest absolute Gasteiger partial charge is 0.118 e. The van der Waals surface area contributed by atoms with Crippen LogP contribution in [-0.4, -0.2) is 43.7 Å². The summed E-state index contributed by atoms with van der Waals surface area (Å²) < 4.78 is 17.1. The van der Waals surface area contributed by atoms with Crippen LogP contribution >= 0.6 is 0 Å². The molecule has 0 spiro atoms. The molecule has 1 fully saturated rings. The zero-order valence-corrected chi connectivity index (χ0v) is 7.29. The minimum Gasteiger partial charge on any atom is -0.388 e. The number of hydrogen-bond acceptors (Lipinski definition) is 3. The molecular weight excluding hydrogens is 161 g/mol. The largest absolute Gasteiger partial charge is 0.388 e. The molecule has 1 heterocycles. The Morgan fingerprint density at radius 2 is 2.42 bits per heavy atom. The van der Waals surface area contributed by atoms with Gasteiger partial charge in [0.2, 0.25) is 0 Å². The third kappa shape index (κ3) is 2.69. The van der Waals surface area contributed by atoms with Gasteiger partial charge in [0.15, 0.2) is 0 Å². The van der Waals surface area contributed by atoms with Crippen molar-refractivity contribution >= 4 is 0 Å². The number of ether oxygens (including phenoxy) is 1. The quantitative estimate of drug-likeness (QED) is 0.632. The molecule has 3 nitrogen and oxygen atoms in total. The maximum absolute atomic E-state index is 11.8. The minimum atomic E-state index is -0.960. The Morgan fingerprint density at radius 3 is 2.92 bits per heavy atom. The molecule has 1 rings (SSSR count). The van der Waals surface area contributed by atoms with E-state index in [1.54, 1.807) is 0 Å². The number of nitrogens with one attached hydrogen (secondary N) is 1. The second-order valence-corrected chi connectivity index (χ2v) is 3.32. The van der Waals surface area contributed by atoms with Crippen LogP contribution in [0.15, 0.2) is 0 Å². The molecule has 12 heavy (non-hydrogen) atoms. The monoisotopic (exact) mass is 177 g/mol. The molecule has 1 aliphatic heterocycles. The van der Waals surface area contributed by atoms with Gasteiger partial charge < -0.3 is 15.2 Å². The molecule has 0 radical (unpaired) electrons. The van der Waals surface area contributed by atoms with Crippen LogP contribution in [0, 0.1) is 5.92 Å². The summed E-state index contributed by atoms with van der Waals surface area (Å²) in [5.74, 6) is 0.455. The summed E-state index contributed by atoms with van der Waals surface area (Å²) >= 11 is 0. The first kappa shape index (κ1) is 9.89. The summed E-state index contributed by atoms with van der Waals surface area (Å²) in [5, 5.41) is 12.0. The van der Waals surface area contributed by atoms with E-state index >= 15 is 0 Å².